The summed E-state index contributed by atoms with van der Waals surface area (Å²) in [7, 11) is 0. The van der Waals surface area contributed by atoms with E-state index in [1.165, 1.54) is 19.3 Å². The van der Waals surface area contributed by atoms with Crippen molar-refractivity contribution in [3.8, 4) is 0 Å². The molecule has 0 aliphatic carbocycles. The molecule has 0 spiro atoms. The smallest absolute Gasteiger partial charge is 0.303 e. The highest BCUT2D eigenvalue weighted by Gasteiger charge is 2.06. The summed E-state index contributed by atoms with van der Waals surface area (Å²) in [5.41, 5.74) is -0.0114. The molecule has 7 heteroatoms. The van der Waals surface area contributed by atoms with Crippen LogP contribution >= 0.6 is 0 Å². The topological polar surface area (TPSA) is 97.8 Å². The Balaban J connectivity index is 2.42. The van der Waals surface area contributed by atoms with Gasteiger partial charge in [-0.15, -0.1) is 0 Å². The van der Waals surface area contributed by atoms with Crippen LogP contribution in [0.5, 0.6) is 0 Å². The number of fused-ring (bicyclic) bond motifs is 1. The second-order valence-corrected chi connectivity index (χ2v) is 3.02. The molecule has 2 aromatic heterocycles. The molecule has 1 N–H and O–H groups in total. The molecule has 0 aliphatic rings. The second-order valence-electron chi connectivity index (χ2n) is 3.02. The highest BCUT2D eigenvalue weighted by molar-refractivity contribution is 5.67. The average molecular weight is 220 g/mol. The van der Waals surface area contributed by atoms with Gasteiger partial charge in [-0.25, -0.2) is 15.0 Å². The lowest BCUT2D eigenvalue weighted by Gasteiger charge is -2.01. The molecular weight excluding hydrogens is 212 g/mol. The number of rotatable bonds is 2. The predicted octanol–water partition coefficient (Wildman–Crippen LogP) is -0.224. The standard InChI is InChI=1S/C9H8N4O3/c1-5(14)16-4-6-12-8-7(9(15)13-6)10-2-3-11-8/h2-3H,4H2,1H3,(H,11,12,13,15). The van der Waals surface area contributed by atoms with Crippen LogP contribution in [0, 0.1) is 0 Å². The first kappa shape index (κ1) is 10.2. The van der Waals surface area contributed by atoms with E-state index < -0.39 is 11.5 Å². The summed E-state index contributed by atoms with van der Waals surface area (Å²) in [4.78, 5) is 36.3. The monoisotopic (exact) mass is 220 g/mol. The summed E-state index contributed by atoms with van der Waals surface area (Å²) in [6.45, 7) is 1.19. The Hall–Kier alpha value is -2.31. The molecule has 16 heavy (non-hydrogen) atoms. The minimum atomic E-state index is -0.443. The van der Waals surface area contributed by atoms with E-state index in [0.29, 0.717) is 0 Å². The molecule has 0 atom stereocenters. The van der Waals surface area contributed by atoms with Crippen molar-refractivity contribution >= 4 is 17.1 Å². The largest absolute Gasteiger partial charge is 0.458 e. The van der Waals surface area contributed by atoms with Crippen LogP contribution in [0.4, 0.5) is 0 Å². The zero-order chi connectivity index (χ0) is 11.5. The quantitative estimate of drug-likeness (QED) is 0.702. The van der Waals surface area contributed by atoms with Crippen molar-refractivity contribution in [1.29, 1.82) is 0 Å². The maximum atomic E-state index is 11.5. The van der Waals surface area contributed by atoms with E-state index >= 15 is 0 Å². The SMILES string of the molecule is CC(=O)OCc1nc2nccnc2c(=O)[nH]1. The second kappa shape index (κ2) is 4.05. The van der Waals surface area contributed by atoms with E-state index in [1.54, 1.807) is 0 Å². The number of esters is 1. The number of H-pyrrole nitrogens is 1. The van der Waals surface area contributed by atoms with Gasteiger partial charge in [-0.1, -0.05) is 0 Å². The highest BCUT2D eigenvalue weighted by Crippen LogP contribution is 1.99. The third-order valence-electron chi connectivity index (χ3n) is 1.80. The predicted molar refractivity (Wildman–Crippen MR) is 53.4 cm³/mol. The minimum absolute atomic E-state index is 0.0862. The lowest BCUT2D eigenvalue weighted by molar-refractivity contribution is -0.142. The van der Waals surface area contributed by atoms with Crippen LogP contribution in [-0.4, -0.2) is 25.9 Å². The Morgan fingerprint density at radius 3 is 2.94 bits per heavy atom. The Morgan fingerprint density at radius 2 is 2.19 bits per heavy atom. The van der Waals surface area contributed by atoms with E-state index in [9.17, 15) is 9.59 Å². The number of nitrogens with one attached hydrogen (secondary N) is 1. The summed E-state index contributed by atoms with van der Waals surface area (Å²) in [5, 5.41) is 0. The van der Waals surface area contributed by atoms with Gasteiger partial charge < -0.3 is 9.72 Å². The number of hydrogen-bond acceptors (Lipinski definition) is 6. The lowest BCUT2D eigenvalue weighted by atomic mass is 10.5. The maximum absolute atomic E-state index is 11.5. The third-order valence-corrected chi connectivity index (χ3v) is 1.80. The Bertz CT molecular complexity index is 593. The Kier molecular flexibility index (Phi) is 2.59. The molecule has 0 unspecified atom stereocenters. The van der Waals surface area contributed by atoms with Crippen molar-refractivity contribution in [1.82, 2.24) is 19.9 Å². The van der Waals surface area contributed by atoms with Crippen LogP contribution in [0.2, 0.25) is 0 Å². The van der Waals surface area contributed by atoms with E-state index in [2.05, 4.69) is 19.9 Å². The number of ether oxygens (including phenoxy) is 1. The number of carbonyl (C=O) groups excluding carboxylic acids is 1. The number of carbonyl (C=O) groups is 1. The van der Waals surface area contributed by atoms with E-state index in [0.717, 1.165) is 0 Å². The molecule has 82 valence electrons. The molecule has 0 amide bonds. The van der Waals surface area contributed by atoms with Gasteiger partial charge in [0.05, 0.1) is 0 Å². The summed E-state index contributed by atoms with van der Waals surface area (Å²) in [6.07, 6.45) is 2.84. The maximum Gasteiger partial charge on any atom is 0.303 e. The van der Waals surface area contributed by atoms with Gasteiger partial charge in [0.15, 0.2) is 11.2 Å². The molecule has 0 aromatic carbocycles. The molecule has 0 fully saturated rings. The van der Waals surface area contributed by atoms with Crippen molar-refractivity contribution in [2.45, 2.75) is 13.5 Å². The molecular formula is C9H8N4O3. The average Bonchev–Trinajstić information content (AvgIpc) is 2.26. The van der Waals surface area contributed by atoms with Gasteiger partial charge in [-0.3, -0.25) is 9.59 Å². The van der Waals surface area contributed by atoms with Crippen molar-refractivity contribution in [3.05, 3.63) is 28.6 Å². The first-order valence-electron chi connectivity index (χ1n) is 4.50. The molecule has 7 nitrogen and oxygen atoms in total. The zero-order valence-corrected chi connectivity index (χ0v) is 8.43. The van der Waals surface area contributed by atoms with Gasteiger partial charge in [0.1, 0.15) is 12.4 Å². The highest BCUT2D eigenvalue weighted by atomic mass is 16.5. The number of aromatic amines is 1. The Labute approximate surface area is 89.5 Å². The van der Waals surface area contributed by atoms with Crippen LogP contribution < -0.4 is 5.56 Å². The fraction of sp³-hybridized carbons (Fsp3) is 0.222. The van der Waals surface area contributed by atoms with Crippen LogP contribution in [0.3, 0.4) is 0 Å². The van der Waals surface area contributed by atoms with E-state index in [1.807, 2.05) is 0 Å². The van der Waals surface area contributed by atoms with Gasteiger partial charge >= 0.3 is 5.97 Å². The zero-order valence-electron chi connectivity index (χ0n) is 8.43. The van der Waals surface area contributed by atoms with E-state index in [4.69, 9.17) is 4.74 Å². The van der Waals surface area contributed by atoms with Crippen molar-refractivity contribution in [2.24, 2.45) is 0 Å². The molecule has 0 saturated heterocycles. The lowest BCUT2D eigenvalue weighted by Crippen LogP contribution is -2.15. The van der Waals surface area contributed by atoms with Crippen LogP contribution in [0.15, 0.2) is 17.2 Å². The van der Waals surface area contributed by atoms with Crippen LogP contribution in [0.1, 0.15) is 12.7 Å². The third kappa shape index (κ3) is 2.02. The molecule has 2 rings (SSSR count). The van der Waals surface area contributed by atoms with Crippen molar-refractivity contribution in [3.63, 3.8) is 0 Å². The molecule has 0 bridgehead atoms. The normalized spacial score (nSPS) is 10.3. The van der Waals surface area contributed by atoms with E-state index in [-0.39, 0.29) is 23.6 Å². The van der Waals surface area contributed by atoms with Crippen molar-refractivity contribution in [2.75, 3.05) is 0 Å². The fourth-order valence-corrected chi connectivity index (χ4v) is 1.16. The first-order valence-corrected chi connectivity index (χ1v) is 4.50. The van der Waals surface area contributed by atoms with Gasteiger partial charge in [0, 0.05) is 19.3 Å². The number of aromatic nitrogens is 4. The summed E-state index contributed by atoms with van der Waals surface area (Å²) in [5.74, 6) is -0.199. The summed E-state index contributed by atoms with van der Waals surface area (Å²) < 4.78 is 4.71. The van der Waals surface area contributed by atoms with Gasteiger partial charge in [-0.05, 0) is 0 Å². The van der Waals surface area contributed by atoms with Gasteiger partial charge in [0.25, 0.3) is 5.56 Å². The summed E-state index contributed by atoms with van der Waals surface area (Å²) >= 11 is 0. The first-order chi connectivity index (χ1) is 7.66. The Morgan fingerprint density at radius 1 is 1.44 bits per heavy atom. The number of hydrogen-bond donors (Lipinski definition) is 1. The summed E-state index contributed by atoms with van der Waals surface area (Å²) in [6, 6.07) is 0. The molecule has 2 heterocycles. The fourth-order valence-electron chi connectivity index (χ4n) is 1.16. The molecule has 0 radical (unpaired) electrons. The molecule has 0 saturated carbocycles. The number of nitrogens with zero attached hydrogens (tertiary/aromatic N) is 3. The van der Waals surface area contributed by atoms with Crippen molar-refractivity contribution < 1.29 is 9.53 Å². The van der Waals surface area contributed by atoms with Gasteiger partial charge in [-0.2, -0.15) is 0 Å². The van der Waals surface area contributed by atoms with Gasteiger partial charge in [0.2, 0.25) is 0 Å². The van der Waals surface area contributed by atoms with Crippen LogP contribution in [-0.2, 0) is 16.1 Å². The molecule has 0 aliphatic heterocycles. The minimum Gasteiger partial charge on any atom is -0.458 e. The molecule has 2 aromatic rings. The van der Waals surface area contributed by atoms with Crippen LogP contribution in [0.25, 0.3) is 11.2 Å².